The van der Waals surface area contributed by atoms with E-state index in [9.17, 15) is 13.2 Å². The second-order valence-corrected chi connectivity index (χ2v) is 9.73. The standard InChI is InChI=1S/C24H23N3O3S/c1-3-31(29,30)20-11-5-17(6-12-20)15-23(28)25-19-9-7-18(8-10-19)24-26-21-13-4-16(2)14-22(21)27-24/h4-14H,3,15H2,1-2H3,(H,25,28)(H,26,27). The number of benzene rings is 3. The molecule has 0 spiro atoms. The molecule has 0 unspecified atom stereocenters. The number of nitrogens with zero attached hydrogens (tertiary/aromatic N) is 1. The van der Waals surface area contributed by atoms with E-state index in [4.69, 9.17) is 0 Å². The molecule has 0 saturated heterocycles. The molecule has 0 aliphatic heterocycles. The summed E-state index contributed by atoms with van der Waals surface area (Å²) in [7, 11) is -3.24. The summed E-state index contributed by atoms with van der Waals surface area (Å²) >= 11 is 0. The molecule has 31 heavy (non-hydrogen) atoms. The van der Waals surface area contributed by atoms with Crippen molar-refractivity contribution in [1.82, 2.24) is 9.97 Å². The molecule has 1 aromatic heterocycles. The molecule has 2 N–H and O–H groups in total. The predicted molar refractivity (Wildman–Crippen MR) is 123 cm³/mol. The van der Waals surface area contributed by atoms with Crippen LogP contribution in [0.2, 0.25) is 0 Å². The molecule has 4 rings (SSSR count). The van der Waals surface area contributed by atoms with Gasteiger partial charge in [-0.25, -0.2) is 13.4 Å². The Morgan fingerprint density at radius 3 is 2.39 bits per heavy atom. The fourth-order valence-electron chi connectivity index (χ4n) is 3.34. The summed E-state index contributed by atoms with van der Waals surface area (Å²) in [6.07, 6.45) is 0.164. The predicted octanol–water partition coefficient (Wildman–Crippen LogP) is 4.51. The second kappa shape index (κ2) is 8.35. The first-order chi connectivity index (χ1) is 14.8. The highest BCUT2D eigenvalue weighted by molar-refractivity contribution is 7.91. The van der Waals surface area contributed by atoms with Crippen LogP contribution >= 0.6 is 0 Å². The highest BCUT2D eigenvalue weighted by Gasteiger charge is 2.12. The molecule has 0 fully saturated rings. The van der Waals surface area contributed by atoms with E-state index < -0.39 is 9.84 Å². The molecule has 4 aromatic rings. The Balaban J connectivity index is 1.42. The number of imidazole rings is 1. The van der Waals surface area contributed by atoms with Crippen molar-refractivity contribution in [3.63, 3.8) is 0 Å². The largest absolute Gasteiger partial charge is 0.338 e. The van der Waals surface area contributed by atoms with Crippen LogP contribution in [0.1, 0.15) is 18.1 Å². The topological polar surface area (TPSA) is 91.9 Å². The quantitative estimate of drug-likeness (QED) is 0.468. The van der Waals surface area contributed by atoms with Crippen molar-refractivity contribution in [3.8, 4) is 11.4 Å². The van der Waals surface area contributed by atoms with Crippen LogP contribution in [0.25, 0.3) is 22.4 Å². The van der Waals surface area contributed by atoms with Gasteiger partial charge in [-0.3, -0.25) is 4.79 Å². The minimum Gasteiger partial charge on any atom is -0.338 e. The lowest BCUT2D eigenvalue weighted by atomic mass is 10.1. The first-order valence-corrected chi connectivity index (χ1v) is 11.7. The fraction of sp³-hybridized carbons (Fsp3) is 0.167. The van der Waals surface area contributed by atoms with Crippen LogP contribution in [0.4, 0.5) is 5.69 Å². The molecule has 0 radical (unpaired) electrons. The van der Waals surface area contributed by atoms with Crippen molar-refractivity contribution in [1.29, 1.82) is 0 Å². The number of sulfone groups is 1. The summed E-state index contributed by atoms with van der Waals surface area (Å²) in [5.41, 5.74) is 5.44. The van der Waals surface area contributed by atoms with Gasteiger partial charge in [-0.15, -0.1) is 0 Å². The van der Waals surface area contributed by atoms with Crippen molar-refractivity contribution in [2.24, 2.45) is 0 Å². The summed E-state index contributed by atoms with van der Waals surface area (Å²) in [5.74, 6) is 0.662. The smallest absolute Gasteiger partial charge is 0.228 e. The Kier molecular flexibility index (Phi) is 5.61. The molecule has 0 bridgehead atoms. The number of anilines is 1. The van der Waals surface area contributed by atoms with E-state index in [0.717, 1.165) is 28.0 Å². The van der Waals surface area contributed by atoms with Crippen LogP contribution in [0.5, 0.6) is 0 Å². The molecule has 6 nitrogen and oxygen atoms in total. The summed E-state index contributed by atoms with van der Waals surface area (Å²) < 4.78 is 23.8. The van der Waals surface area contributed by atoms with Gasteiger partial charge >= 0.3 is 0 Å². The van der Waals surface area contributed by atoms with Gasteiger partial charge in [0.25, 0.3) is 0 Å². The summed E-state index contributed by atoms with van der Waals surface area (Å²) in [6, 6.07) is 20.0. The molecule has 1 amide bonds. The van der Waals surface area contributed by atoms with Gasteiger partial charge < -0.3 is 10.3 Å². The van der Waals surface area contributed by atoms with Crippen LogP contribution in [0.3, 0.4) is 0 Å². The second-order valence-electron chi connectivity index (χ2n) is 7.46. The molecular weight excluding hydrogens is 410 g/mol. The molecule has 1 heterocycles. The number of rotatable bonds is 6. The van der Waals surface area contributed by atoms with E-state index in [1.165, 1.54) is 5.56 Å². The zero-order valence-electron chi connectivity index (χ0n) is 17.3. The van der Waals surface area contributed by atoms with Crippen molar-refractivity contribution >= 4 is 32.5 Å². The maximum Gasteiger partial charge on any atom is 0.228 e. The third-order valence-corrected chi connectivity index (χ3v) is 6.86. The van der Waals surface area contributed by atoms with Crippen molar-refractivity contribution in [2.45, 2.75) is 25.2 Å². The number of aromatic nitrogens is 2. The monoisotopic (exact) mass is 433 g/mol. The minimum absolute atomic E-state index is 0.0521. The lowest BCUT2D eigenvalue weighted by Gasteiger charge is -2.07. The van der Waals surface area contributed by atoms with Crippen LogP contribution in [0.15, 0.2) is 71.6 Å². The molecule has 3 aromatic carbocycles. The first kappa shape index (κ1) is 20.8. The Labute approximate surface area is 181 Å². The van der Waals surface area contributed by atoms with Gasteiger partial charge in [0.1, 0.15) is 5.82 Å². The van der Waals surface area contributed by atoms with E-state index in [1.54, 1.807) is 31.2 Å². The van der Waals surface area contributed by atoms with E-state index in [1.807, 2.05) is 43.3 Å². The number of carbonyl (C=O) groups is 1. The molecule has 7 heteroatoms. The van der Waals surface area contributed by atoms with E-state index in [2.05, 4.69) is 21.4 Å². The molecule has 0 atom stereocenters. The van der Waals surface area contributed by atoms with Crippen LogP contribution in [-0.2, 0) is 21.1 Å². The lowest BCUT2D eigenvalue weighted by molar-refractivity contribution is -0.115. The van der Waals surface area contributed by atoms with Gasteiger partial charge in [0.15, 0.2) is 9.84 Å². The van der Waals surface area contributed by atoms with E-state index in [0.29, 0.717) is 5.69 Å². The molecule has 0 aliphatic carbocycles. The summed E-state index contributed by atoms with van der Waals surface area (Å²) in [5, 5.41) is 2.87. The summed E-state index contributed by atoms with van der Waals surface area (Å²) in [6.45, 7) is 3.65. The number of hydrogen-bond donors (Lipinski definition) is 2. The van der Waals surface area contributed by atoms with Gasteiger partial charge in [-0.1, -0.05) is 25.1 Å². The Bertz CT molecular complexity index is 1340. The average Bonchev–Trinajstić information content (AvgIpc) is 3.17. The van der Waals surface area contributed by atoms with E-state index >= 15 is 0 Å². The Morgan fingerprint density at radius 2 is 1.71 bits per heavy atom. The van der Waals surface area contributed by atoms with Gasteiger partial charge in [0, 0.05) is 11.3 Å². The van der Waals surface area contributed by atoms with Crippen LogP contribution in [0, 0.1) is 6.92 Å². The van der Waals surface area contributed by atoms with Gasteiger partial charge in [0.05, 0.1) is 28.1 Å². The lowest BCUT2D eigenvalue weighted by Crippen LogP contribution is -2.14. The van der Waals surface area contributed by atoms with Crippen LogP contribution in [-0.4, -0.2) is 30.0 Å². The van der Waals surface area contributed by atoms with Crippen molar-refractivity contribution in [3.05, 3.63) is 77.9 Å². The fourth-order valence-corrected chi connectivity index (χ4v) is 4.23. The number of aromatic amines is 1. The highest BCUT2D eigenvalue weighted by Crippen LogP contribution is 2.23. The molecule has 0 saturated carbocycles. The number of aryl methyl sites for hydroxylation is 1. The zero-order valence-corrected chi connectivity index (χ0v) is 18.2. The average molecular weight is 434 g/mol. The SMILES string of the molecule is CCS(=O)(=O)c1ccc(CC(=O)Nc2ccc(-c3nc4ccc(C)cc4[nH]3)cc2)cc1. The minimum atomic E-state index is -3.24. The van der Waals surface area contributed by atoms with Crippen LogP contribution < -0.4 is 5.32 Å². The zero-order chi connectivity index (χ0) is 22.0. The molecule has 0 aliphatic rings. The van der Waals surface area contributed by atoms with Gasteiger partial charge in [0.2, 0.25) is 5.91 Å². The van der Waals surface area contributed by atoms with Crippen molar-refractivity contribution in [2.75, 3.05) is 11.1 Å². The van der Waals surface area contributed by atoms with Crippen molar-refractivity contribution < 1.29 is 13.2 Å². The third kappa shape index (κ3) is 4.67. The number of H-pyrrole nitrogens is 1. The van der Waals surface area contributed by atoms with E-state index in [-0.39, 0.29) is 23.0 Å². The first-order valence-electron chi connectivity index (χ1n) is 10.0. The number of carbonyl (C=O) groups excluding carboxylic acids is 1. The Morgan fingerprint density at radius 1 is 1.00 bits per heavy atom. The highest BCUT2D eigenvalue weighted by atomic mass is 32.2. The number of amides is 1. The number of fused-ring (bicyclic) bond motifs is 1. The number of nitrogens with one attached hydrogen (secondary N) is 2. The van der Waals surface area contributed by atoms with Gasteiger partial charge in [-0.05, 0) is 66.6 Å². The Hall–Kier alpha value is -3.45. The summed E-state index contributed by atoms with van der Waals surface area (Å²) in [4.78, 5) is 20.6. The maximum absolute atomic E-state index is 12.4. The molecular formula is C24H23N3O3S. The third-order valence-electron chi connectivity index (χ3n) is 5.11. The normalized spacial score (nSPS) is 11.5. The maximum atomic E-state index is 12.4. The molecule has 158 valence electrons. The van der Waals surface area contributed by atoms with Gasteiger partial charge in [-0.2, -0.15) is 0 Å². The number of hydrogen-bond acceptors (Lipinski definition) is 4.